The number of nitrogen functional groups attached to an aromatic ring is 1. The second kappa shape index (κ2) is 4.80. The fourth-order valence-corrected chi connectivity index (χ4v) is 2.44. The summed E-state index contributed by atoms with van der Waals surface area (Å²) in [5, 5.41) is 0. The van der Waals surface area contributed by atoms with Gasteiger partial charge in [-0.25, -0.2) is 13.2 Å². The number of benzene rings is 2. The third kappa shape index (κ3) is 2.22. The van der Waals surface area contributed by atoms with E-state index in [-0.39, 0.29) is 11.3 Å². The molecule has 2 aromatic carbocycles. The molecule has 0 fully saturated rings. The zero-order valence-electron chi connectivity index (χ0n) is 10.9. The van der Waals surface area contributed by atoms with Crippen molar-refractivity contribution in [2.24, 2.45) is 0 Å². The van der Waals surface area contributed by atoms with Gasteiger partial charge in [-0.1, -0.05) is 6.07 Å². The number of anilines is 2. The van der Waals surface area contributed by atoms with E-state index in [4.69, 9.17) is 5.73 Å². The van der Waals surface area contributed by atoms with E-state index >= 15 is 0 Å². The zero-order chi connectivity index (χ0) is 15.1. The Balaban J connectivity index is 2.02. The first-order valence-corrected chi connectivity index (χ1v) is 6.32. The summed E-state index contributed by atoms with van der Waals surface area (Å²) in [5.41, 5.74) is 5.95. The van der Waals surface area contributed by atoms with Crippen molar-refractivity contribution < 1.29 is 18.0 Å². The summed E-state index contributed by atoms with van der Waals surface area (Å²) in [5.74, 6) is -3.05. The average molecular weight is 292 g/mol. The van der Waals surface area contributed by atoms with Crippen molar-refractivity contribution in [2.45, 2.75) is 6.42 Å². The summed E-state index contributed by atoms with van der Waals surface area (Å²) >= 11 is 0. The highest BCUT2D eigenvalue weighted by Crippen LogP contribution is 2.31. The Labute approximate surface area is 118 Å². The molecular weight excluding hydrogens is 281 g/mol. The van der Waals surface area contributed by atoms with Crippen LogP contribution in [0.4, 0.5) is 24.5 Å². The van der Waals surface area contributed by atoms with Crippen LogP contribution >= 0.6 is 0 Å². The molecule has 0 bridgehead atoms. The van der Waals surface area contributed by atoms with Gasteiger partial charge in [-0.2, -0.15) is 0 Å². The Kier molecular flexibility index (Phi) is 3.08. The molecule has 0 saturated carbocycles. The topological polar surface area (TPSA) is 46.3 Å². The average Bonchev–Trinajstić information content (AvgIpc) is 2.85. The van der Waals surface area contributed by atoms with Crippen LogP contribution in [0.3, 0.4) is 0 Å². The molecule has 0 spiro atoms. The lowest BCUT2D eigenvalue weighted by Crippen LogP contribution is -2.30. The molecule has 3 rings (SSSR count). The molecule has 0 radical (unpaired) electrons. The van der Waals surface area contributed by atoms with Gasteiger partial charge in [0.2, 0.25) is 0 Å². The Morgan fingerprint density at radius 1 is 1.10 bits per heavy atom. The Morgan fingerprint density at radius 3 is 2.62 bits per heavy atom. The molecule has 6 heteroatoms. The van der Waals surface area contributed by atoms with Crippen LogP contribution in [0.25, 0.3) is 0 Å². The number of amides is 1. The summed E-state index contributed by atoms with van der Waals surface area (Å²) < 4.78 is 40.2. The van der Waals surface area contributed by atoms with Crippen molar-refractivity contribution in [1.29, 1.82) is 0 Å². The lowest BCUT2D eigenvalue weighted by atomic mass is 10.1. The zero-order valence-corrected chi connectivity index (χ0v) is 10.9. The highest BCUT2D eigenvalue weighted by molar-refractivity contribution is 6.07. The van der Waals surface area contributed by atoms with Gasteiger partial charge in [0.05, 0.1) is 16.9 Å². The Hall–Kier alpha value is -2.50. The Bertz CT molecular complexity index is 746. The van der Waals surface area contributed by atoms with E-state index in [1.165, 1.54) is 17.0 Å². The summed E-state index contributed by atoms with van der Waals surface area (Å²) in [4.78, 5) is 13.7. The number of halogens is 3. The van der Waals surface area contributed by atoms with E-state index in [2.05, 4.69) is 0 Å². The van der Waals surface area contributed by atoms with E-state index in [9.17, 15) is 18.0 Å². The molecule has 1 heterocycles. The fourth-order valence-electron chi connectivity index (χ4n) is 2.44. The molecule has 0 aromatic heterocycles. The minimum absolute atomic E-state index is 0.307. The molecule has 2 aromatic rings. The lowest BCUT2D eigenvalue weighted by Gasteiger charge is -2.18. The first-order valence-electron chi connectivity index (χ1n) is 6.32. The largest absolute Gasteiger partial charge is 0.396 e. The van der Waals surface area contributed by atoms with Crippen LogP contribution in [0.2, 0.25) is 0 Å². The monoisotopic (exact) mass is 292 g/mol. The molecule has 108 valence electrons. The maximum Gasteiger partial charge on any atom is 0.261 e. The molecule has 2 N–H and O–H groups in total. The van der Waals surface area contributed by atoms with Gasteiger partial charge in [-0.15, -0.1) is 0 Å². The number of hydrogen-bond donors (Lipinski definition) is 1. The van der Waals surface area contributed by atoms with Crippen LogP contribution in [0.15, 0.2) is 30.3 Å². The van der Waals surface area contributed by atoms with Crippen molar-refractivity contribution >= 4 is 17.3 Å². The van der Waals surface area contributed by atoms with Gasteiger partial charge in [-0.05, 0) is 30.2 Å². The summed E-state index contributed by atoms with van der Waals surface area (Å²) in [6.45, 7) is 0.314. The van der Waals surface area contributed by atoms with Crippen LogP contribution in [0, 0.1) is 17.5 Å². The molecule has 1 aliphatic rings. The number of fused-ring (bicyclic) bond motifs is 1. The Morgan fingerprint density at radius 2 is 1.86 bits per heavy atom. The molecule has 3 nitrogen and oxygen atoms in total. The smallest absolute Gasteiger partial charge is 0.261 e. The van der Waals surface area contributed by atoms with E-state index in [1.807, 2.05) is 0 Å². The molecule has 1 amide bonds. The van der Waals surface area contributed by atoms with E-state index in [0.717, 1.165) is 11.6 Å². The van der Waals surface area contributed by atoms with Crippen LogP contribution in [-0.2, 0) is 6.42 Å². The molecule has 0 atom stereocenters. The standard InChI is InChI=1S/C15H11F3N2O/c16-9-2-1-8-3-4-20(14(8)5-9)15(21)10-6-13(19)12(18)7-11(10)17/h1-2,5-7H,3-4,19H2. The SMILES string of the molecule is Nc1cc(C(=O)N2CCc3ccc(F)cc32)c(F)cc1F. The van der Waals surface area contributed by atoms with E-state index in [1.54, 1.807) is 6.07 Å². The lowest BCUT2D eigenvalue weighted by molar-refractivity contribution is 0.0985. The number of hydrogen-bond acceptors (Lipinski definition) is 2. The highest BCUT2D eigenvalue weighted by atomic mass is 19.1. The first kappa shape index (κ1) is 13.5. The van der Waals surface area contributed by atoms with Gasteiger partial charge in [-0.3, -0.25) is 4.79 Å². The number of carbonyl (C=O) groups is 1. The van der Waals surface area contributed by atoms with Crippen molar-refractivity contribution in [2.75, 3.05) is 17.2 Å². The van der Waals surface area contributed by atoms with Crippen LogP contribution < -0.4 is 10.6 Å². The quantitative estimate of drug-likeness (QED) is 0.821. The second-order valence-electron chi connectivity index (χ2n) is 4.83. The number of nitrogens with zero attached hydrogens (tertiary/aromatic N) is 1. The van der Waals surface area contributed by atoms with Gasteiger partial charge in [0.15, 0.2) is 0 Å². The van der Waals surface area contributed by atoms with E-state index < -0.39 is 23.4 Å². The number of rotatable bonds is 1. The minimum atomic E-state index is -0.989. The maximum atomic E-state index is 13.8. The summed E-state index contributed by atoms with van der Waals surface area (Å²) in [7, 11) is 0. The van der Waals surface area contributed by atoms with E-state index in [0.29, 0.717) is 24.7 Å². The van der Waals surface area contributed by atoms with Crippen LogP contribution in [0.5, 0.6) is 0 Å². The molecular formula is C15H11F3N2O. The highest BCUT2D eigenvalue weighted by Gasteiger charge is 2.28. The van der Waals surface area contributed by atoms with Crippen molar-refractivity contribution in [3.05, 3.63) is 58.9 Å². The third-order valence-corrected chi connectivity index (χ3v) is 3.50. The van der Waals surface area contributed by atoms with Crippen molar-refractivity contribution in [3.8, 4) is 0 Å². The number of nitrogens with two attached hydrogens (primary N) is 1. The van der Waals surface area contributed by atoms with Gasteiger partial charge in [0.1, 0.15) is 17.5 Å². The van der Waals surface area contributed by atoms with Gasteiger partial charge >= 0.3 is 0 Å². The first-order chi connectivity index (χ1) is 9.97. The second-order valence-corrected chi connectivity index (χ2v) is 4.83. The van der Waals surface area contributed by atoms with Crippen LogP contribution in [-0.4, -0.2) is 12.5 Å². The minimum Gasteiger partial charge on any atom is -0.396 e. The normalized spacial score (nSPS) is 13.4. The molecule has 0 unspecified atom stereocenters. The van der Waals surface area contributed by atoms with Gasteiger partial charge < -0.3 is 10.6 Å². The van der Waals surface area contributed by atoms with Gasteiger partial charge in [0.25, 0.3) is 5.91 Å². The summed E-state index contributed by atoms with van der Waals surface area (Å²) in [6.07, 6.45) is 0.555. The summed E-state index contributed by atoms with van der Waals surface area (Å²) in [6, 6.07) is 5.66. The maximum absolute atomic E-state index is 13.8. The third-order valence-electron chi connectivity index (χ3n) is 3.50. The fraction of sp³-hybridized carbons (Fsp3) is 0.133. The van der Waals surface area contributed by atoms with Crippen LogP contribution in [0.1, 0.15) is 15.9 Å². The molecule has 1 aliphatic heterocycles. The predicted octanol–water partition coefficient (Wildman–Crippen LogP) is 2.89. The van der Waals surface area contributed by atoms with Crippen molar-refractivity contribution in [3.63, 3.8) is 0 Å². The predicted molar refractivity (Wildman–Crippen MR) is 72.6 cm³/mol. The van der Waals surface area contributed by atoms with Gasteiger partial charge in [0, 0.05) is 12.6 Å². The molecule has 0 saturated heterocycles. The number of carbonyl (C=O) groups excluding carboxylic acids is 1. The molecule has 0 aliphatic carbocycles. The van der Waals surface area contributed by atoms with Crippen molar-refractivity contribution in [1.82, 2.24) is 0 Å². The molecule has 21 heavy (non-hydrogen) atoms.